The standard InChI is InChI=1S/2Cr.2Mg.22H2O.8O/h;;;;22*1H2;;;;;;;;/q2*+6;2*+2;;;;;;;;;;;;;;;;;;;;;;;8*-2/p-12. The van der Waals surface area contributed by atoms with Crippen molar-refractivity contribution < 1.29 is 199 Å². The van der Waals surface area contributed by atoms with Gasteiger partial charge in [0.05, 0.1) is 0 Å². The molecule has 0 aliphatic carbocycles. The molecular weight excluding hydrogens is 633 g/mol. The van der Waals surface area contributed by atoms with Gasteiger partial charge in [0.15, 0.2) is 0 Å². The SMILES string of the molecule is O.O.O.O.O.O.O.O.O.O.[Cr+6].[Cr+6].[Mg+2].[Mg+2].[O-2].[O-2].[O-2].[O-2].[O-2].[O-2].[O-2].[O-2].[OH-].[OH-].[OH-].[OH-].[OH-].[OH-].[OH-].[OH-].[OH-].[OH-].[OH-].[OH-]. The van der Waals surface area contributed by atoms with E-state index >= 15 is 0 Å². The summed E-state index contributed by atoms with van der Waals surface area (Å²) in [4.78, 5) is 0. The zero-order valence-corrected chi connectivity index (χ0v) is 21.2. The summed E-state index contributed by atoms with van der Waals surface area (Å²) in [6, 6.07) is 0. The molecule has 0 fully saturated rings. The first-order chi connectivity index (χ1) is 0. The van der Waals surface area contributed by atoms with Gasteiger partial charge >= 0.3 is 80.8 Å². The molecule has 34 heteroatoms. The quantitative estimate of drug-likeness (QED) is 0.218. The number of hydrogen-bond acceptors (Lipinski definition) is 12. The van der Waals surface area contributed by atoms with Gasteiger partial charge in [-0.05, 0) is 0 Å². The summed E-state index contributed by atoms with van der Waals surface area (Å²) >= 11 is 0. The molecule has 0 aromatic heterocycles. The van der Waals surface area contributed by atoms with Crippen LogP contribution in [-0.4, -0.2) is 167 Å². The molecule has 0 saturated heterocycles. The number of hydrogen-bond donors (Lipinski definition) is 0. The minimum Gasteiger partial charge on any atom is -2.00 e. The van der Waals surface area contributed by atoms with Crippen LogP contribution in [0.4, 0.5) is 0 Å². The van der Waals surface area contributed by atoms with E-state index in [0.717, 1.165) is 0 Å². The van der Waals surface area contributed by atoms with Gasteiger partial charge < -0.3 is 164 Å². The Labute approximate surface area is 244 Å². The Hall–Kier alpha value is 1.40. The summed E-state index contributed by atoms with van der Waals surface area (Å²) in [7, 11) is 0. The molecule has 30 nitrogen and oxygen atoms in total. The van der Waals surface area contributed by atoms with Gasteiger partial charge in [-0.1, -0.05) is 0 Å². The monoisotopic (exact) mass is 664 g/mol. The van der Waals surface area contributed by atoms with E-state index in [1.807, 2.05) is 0 Å². The van der Waals surface area contributed by atoms with Crippen molar-refractivity contribution in [3.05, 3.63) is 0 Å². The van der Waals surface area contributed by atoms with Crippen LogP contribution < -0.4 is 0 Å². The van der Waals surface area contributed by atoms with Crippen molar-refractivity contribution in [2.24, 2.45) is 0 Å². The van der Waals surface area contributed by atoms with Gasteiger partial charge in [0, 0.05) is 0 Å². The van der Waals surface area contributed by atoms with Gasteiger partial charge in [-0.25, -0.2) is 0 Å². The molecule has 0 aromatic rings. The first-order valence-electron chi connectivity index (χ1n) is 0. The largest absolute Gasteiger partial charge is 6.00 e. The van der Waals surface area contributed by atoms with Crippen molar-refractivity contribution in [2.75, 3.05) is 0 Å². The van der Waals surface area contributed by atoms with Crippen LogP contribution in [0.25, 0.3) is 0 Å². The normalized spacial score (nSPS) is 0. The van der Waals surface area contributed by atoms with Crippen LogP contribution in [0.2, 0.25) is 0 Å². The van der Waals surface area contributed by atoms with Gasteiger partial charge in [-0.3, -0.25) is 0 Å². The maximum absolute atomic E-state index is 0. The Balaban J connectivity index is 0. The van der Waals surface area contributed by atoms with Crippen LogP contribution in [0.1, 0.15) is 0 Å². The Morgan fingerprint density at radius 2 is 0.147 bits per heavy atom. The predicted octanol–water partition coefficient (Wildman–Crippen LogP) is -12.1. The molecule has 0 atom stereocenters. The third-order valence-corrected chi connectivity index (χ3v) is 0. The van der Waals surface area contributed by atoms with E-state index in [9.17, 15) is 0 Å². The van der Waals surface area contributed by atoms with Crippen LogP contribution >= 0.6 is 0 Å². The Kier molecular flexibility index (Phi) is 12400000. The molecule has 32 N–H and O–H groups in total. The van der Waals surface area contributed by atoms with E-state index in [1.165, 1.54) is 0 Å². The molecule has 0 aliphatic heterocycles. The first kappa shape index (κ1) is 21400. The van der Waals surface area contributed by atoms with Gasteiger partial charge in [0.25, 0.3) is 0 Å². The molecule has 0 amide bonds. The predicted molar refractivity (Wildman–Crippen MR) is 76.4 cm³/mol. The second-order valence-corrected chi connectivity index (χ2v) is 0. The summed E-state index contributed by atoms with van der Waals surface area (Å²) in [6.45, 7) is 0. The first-order valence-corrected chi connectivity index (χ1v) is 0. The van der Waals surface area contributed by atoms with Crippen molar-refractivity contribution in [2.45, 2.75) is 0 Å². The molecule has 0 heterocycles. The van der Waals surface area contributed by atoms with E-state index in [0.29, 0.717) is 0 Å². The fraction of sp³-hybridized carbons (Fsp3) is 0. The molecule has 0 saturated carbocycles. The van der Waals surface area contributed by atoms with Crippen LogP contribution in [0.15, 0.2) is 0 Å². The van der Waals surface area contributed by atoms with Gasteiger partial charge in [-0.2, -0.15) is 0 Å². The van der Waals surface area contributed by atoms with E-state index in [-0.39, 0.29) is 245 Å². The van der Waals surface area contributed by atoms with Crippen LogP contribution in [0, 0.1) is 0 Å². The van der Waals surface area contributed by atoms with Crippen molar-refractivity contribution in [1.82, 2.24) is 0 Å². The summed E-state index contributed by atoms with van der Waals surface area (Å²) in [5.74, 6) is 0. The van der Waals surface area contributed by atoms with E-state index in [4.69, 9.17) is 0 Å². The molecule has 0 spiro atoms. The maximum atomic E-state index is 0. The third kappa shape index (κ3) is 18000. The Morgan fingerprint density at radius 1 is 0.147 bits per heavy atom. The topological polar surface area (TPSA) is 903 Å². The summed E-state index contributed by atoms with van der Waals surface area (Å²) in [5.41, 5.74) is 0. The van der Waals surface area contributed by atoms with Crippen molar-refractivity contribution >= 4 is 46.1 Å². The second-order valence-electron chi connectivity index (χ2n) is 0. The number of rotatable bonds is 0. The zero-order chi connectivity index (χ0) is 0. The Morgan fingerprint density at radius 3 is 0.147 bits per heavy atom. The summed E-state index contributed by atoms with van der Waals surface area (Å²) < 4.78 is 0. The second kappa shape index (κ2) is 19600. The third-order valence-electron chi connectivity index (χ3n) is 0. The minimum absolute atomic E-state index is 0. The molecule has 0 radical (unpaired) electrons. The minimum atomic E-state index is 0. The Bertz CT molecular complexity index is 21.8. The molecule has 0 aliphatic rings. The molecular formula is H32Cr2Mg2O30-12. The molecule has 240 valence electrons. The van der Waals surface area contributed by atoms with Gasteiger partial charge in [0.1, 0.15) is 0 Å². The van der Waals surface area contributed by atoms with Crippen molar-refractivity contribution in [1.29, 1.82) is 0 Å². The smallest absolute Gasteiger partial charge is 2.00 e. The fourth-order valence-corrected chi connectivity index (χ4v) is 0. The molecule has 0 rings (SSSR count). The maximum Gasteiger partial charge on any atom is 6.00 e. The van der Waals surface area contributed by atoms with Gasteiger partial charge in [-0.15, -0.1) is 0 Å². The summed E-state index contributed by atoms with van der Waals surface area (Å²) in [5, 5.41) is 0. The average Bonchev–Trinajstić information content (AvgIpc) is 0. The summed E-state index contributed by atoms with van der Waals surface area (Å²) in [6.07, 6.45) is 0. The van der Waals surface area contributed by atoms with E-state index < -0.39 is 0 Å². The zero-order valence-electron chi connectivity index (χ0n) is 15.9. The average molecular weight is 665 g/mol. The molecule has 0 unspecified atom stereocenters. The van der Waals surface area contributed by atoms with E-state index in [1.54, 1.807) is 0 Å². The van der Waals surface area contributed by atoms with Crippen LogP contribution in [0.5, 0.6) is 0 Å². The van der Waals surface area contributed by atoms with Crippen molar-refractivity contribution in [3.8, 4) is 0 Å². The van der Waals surface area contributed by atoms with Crippen molar-refractivity contribution in [3.63, 3.8) is 0 Å². The molecule has 0 bridgehead atoms. The fourth-order valence-electron chi connectivity index (χ4n) is 0. The van der Waals surface area contributed by atoms with Crippen LogP contribution in [-0.2, 0) is 78.5 Å². The van der Waals surface area contributed by atoms with Gasteiger partial charge in [0.2, 0.25) is 0 Å². The van der Waals surface area contributed by atoms with E-state index in [2.05, 4.69) is 0 Å². The molecule has 34 heavy (non-hydrogen) atoms. The molecule has 0 aromatic carbocycles. The van der Waals surface area contributed by atoms with Crippen LogP contribution in [0.3, 0.4) is 0 Å².